The van der Waals surface area contributed by atoms with Crippen LogP contribution in [-0.2, 0) is 9.59 Å². The predicted molar refractivity (Wildman–Crippen MR) is 70.9 cm³/mol. The molecule has 0 saturated carbocycles. The molecule has 1 saturated heterocycles. The number of carbonyl (C=O) groups excluding carboxylic acids is 2. The van der Waals surface area contributed by atoms with Crippen molar-refractivity contribution in [1.29, 1.82) is 0 Å². The van der Waals surface area contributed by atoms with Gasteiger partial charge in [0, 0.05) is 26.6 Å². The van der Waals surface area contributed by atoms with Crippen molar-refractivity contribution >= 4 is 11.8 Å². The first kappa shape index (κ1) is 15.0. The molecular weight excluding hydrogens is 230 g/mol. The Balaban J connectivity index is 2.40. The Labute approximate surface area is 109 Å². The minimum absolute atomic E-state index is 0.0239. The van der Waals surface area contributed by atoms with Crippen molar-refractivity contribution < 1.29 is 9.59 Å². The van der Waals surface area contributed by atoms with Crippen LogP contribution in [0.2, 0.25) is 0 Å². The second-order valence-corrected chi connectivity index (χ2v) is 5.83. The summed E-state index contributed by atoms with van der Waals surface area (Å²) in [6, 6.07) is 0. The highest BCUT2D eigenvalue weighted by Gasteiger charge is 2.26. The third-order valence-electron chi connectivity index (χ3n) is 3.65. The van der Waals surface area contributed by atoms with Crippen LogP contribution in [0.4, 0.5) is 0 Å². The third kappa shape index (κ3) is 4.29. The highest BCUT2D eigenvalue weighted by molar-refractivity contribution is 5.85. The van der Waals surface area contributed by atoms with Gasteiger partial charge in [0.15, 0.2) is 0 Å². The first-order valence-corrected chi connectivity index (χ1v) is 6.57. The van der Waals surface area contributed by atoms with Crippen molar-refractivity contribution in [2.24, 2.45) is 11.1 Å². The van der Waals surface area contributed by atoms with Gasteiger partial charge in [-0.15, -0.1) is 0 Å². The van der Waals surface area contributed by atoms with Crippen LogP contribution in [0.3, 0.4) is 0 Å². The Bertz CT molecular complexity index is 315. The molecule has 0 aromatic rings. The van der Waals surface area contributed by atoms with E-state index in [0.29, 0.717) is 26.1 Å². The van der Waals surface area contributed by atoms with E-state index < -0.39 is 0 Å². The van der Waals surface area contributed by atoms with Crippen molar-refractivity contribution in [2.75, 3.05) is 33.2 Å². The van der Waals surface area contributed by atoms with Crippen LogP contribution >= 0.6 is 0 Å². The van der Waals surface area contributed by atoms with Crippen molar-refractivity contribution in [3.8, 4) is 0 Å². The standard InChI is InChI=1S/C13H25N3O2/c1-13(2,6-7-14)5-4-11(17)16-9-8-15(3)12(18)10-16/h4-10,14H2,1-3H3. The van der Waals surface area contributed by atoms with E-state index >= 15 is 0 Å². The molecule has 0 radical (unpaired) electrons. The minimum Gasteiger partial charge on any atom is -0.342 e. The van der Waals surface area contributed by atoms with E-state index in [2.05, 4.69) is 13.8 Å². The Kier molecular flexibility index (Phi) is 5.14. The molecule has 1 fully saturated rings. The number of hydrogen-bond acceptors (Lipinski definition) is 3. The normalized spacial score (nSPS) is 17.2. The van der Waals surface area contributed by atoms with Crippen molar-refractivity contribution in [3.63, 3.8) is 0 Å². The zero-order valence-corrected chi connectivity index (χ0v) is 11.7. The van der Waals surface area contributed by atoms with Crippen LogP contribution in [0.5, 0.6) is 0 Å². The van der Waals surface area contributed by atoms with Gasteiger partial charge in [0.2, 0.25) is 11.8 Å². The summed E-state index contributed by atoms with van der Waals surface area (Å²) in [5.41, 5.74) is 5.65. The quantitative estimate of drug-likeness (QED) is 0.775. The molecule has 0 bridgehead atoms. The molecule has 5 heteroatoms. The highest BCUT2D eigenvalue weighted by Crippen LogP contribution is 2.26. The Morgan fingerprint density at radius 3 is 2.56 bits per heavy atom. The fraction of sp³-hybridized carbons (Fsp3) is 0.846. The molecule has 104 valence electrons. The summed E-state index contributed by atoms with van der Waals surface area (Å²) in [6.45, 7) is 6.42. The molecule has 1 aliphatic heterocycles. The van der Waals surface area contributed by atoms with Gasteiger partial charge >= 0.3 is 0 Å². The van der Waals surface area contributed by atoms with Crippen molar-refractivity contribution in [2.45, 2.75) is 33.1 Å². The van der Waals surface area contributed by atoms with Gasteiger partial charge in [-0.25, -0.2) is 0 Å². The average molecular weight is 255 g/mol. The molecule has 5 nitrogen and oxygen atoms in total. The maximum Gasteiger partial charge on any atom is 0.241 e. The van der Waals surface area contributed by atoms with Crippen LogP contribution in [0.1, 0.15) is 33.1 Å². The fourth-order valence-corrected chi connectivity index (χ4v) is 2.09. The number of amides is 2. The summed E-state index contributed by atoms with van der Waals surface area (Å²) in [4.78, 5) is 26.9. The van der Waals surface area contributed by atoms with Crippen LogP contribution in [0, 0.1) is 5.41 Å². The third-order valence-corrected chi connectivity index (χ3v) is 3.65. The molecule has 0 aromatic heterocycles. The van der Waals surface area contributed by atoms with E-state index in [-0.39, 0.29) is 23.8 Å². The van der Waals surface area contributed by atoms with Crippen LogP contribution in [-0.4, -0.2) is 54.8 Å². The zero-order chi connectivity index (χ0) is 13.8. The molecule has 1 aliphatic rings. The lowest BCUT2D eigenvalue weighted by molar-refractivity contribution is -0.144. The maximum absolute atomic E-state index is 12.0. The Hall–Kier alpha value is -1.10. The summed E-state index contributed by atoms with van der Waals surface area (Å²) in [5, 5.41) is 0. The summed E-state index contributed by atoms with van der Waals surface area (Å²) in [7, 11) is 1.77. The van der Waals surface area contributed by atoms with Gasteiger partial charge in [0.05, 0.1) is 6.54 Å². The van der Waals surface area contributed by atoms with Gasteiger partial charge in [-0.05, 0) is 24.8 Å². The summed E-state index contributed by atoms with van der Waals surface area (Å²) < 4.78 is 0. The Morgan fingerprint density at radius 1 is 1.33 bits per heavy atom. The smallest absolute Gasteiger partial charge is 0.241 e. The first-order chi connectivity index (χ1) is 8.35. The van der Waals surface area contributed by atoms with Gasteiger partial charge < -0.3 is 15.5 Å². The SMILES string of the molecule is CN1CCN(C(=O)CCC(C)(C)CCN)CC1=O. The molecule has 2 N–H and O–H groups in total. The fourth-order valence-electron chi connectivity index (χ4n) is 2.09. The topological polar surface area (TPSA) is 66.6 Å². The molecule has 0 aromatic carbocycles. The molecule has 2 amide bonds. The predicted octanol–water partition coefficient (Wildman–Crippen LogP) is 0.442. The zero-order valence-electron chi connectivity index (χ0n) is 11.7. The lowest BCUT2D eigenvalue weighted by Crippen LogP contribution is -2.50. The average Bonchev–Trinajstić information content (AvgIpc) is 2.30. The number of piperazine rings is 1. The molecule has 1 heterocycles. The van der Waals surface area contributed by atoms with Crippen LogP contribution in [0.15, 0.2) is 0 Å². The van der Waals surface area contributed by atoms with Crippen LogP contribution < -0.4 is 5.73 Å². The van der Waals surface area contributed by atoms with Gasteiger partial charge in [-0.2, -0.15) is 0 Å². The van der Waals surface area contributed by atoms with Crippen molar-refractivity contribution in [1.82, 2.24) is 9.80 Å². The second kappa shape index (κ2) is 6.18. The molecule has 0 aliphatic carbocycles. The second-order valence-electron chi connectivity index (χ2n) is 5.83. The molecule has 0 unspecified atom stereocenters. The summed E-state index contributed by atoms with van der Waals surface area (Å²) in [5.74, 6) is 0.109. The van der Waals surface area contributed by atoms with E-state index in [0.717, 1.165) is 12.8 Å². The number of likely N-dealkylation sites (N-methyl/N-ethyl adjacent to an activating group) is 1. The van der Waals surface area contributed by atoms with Gasteiger partial charge in [0.1, 0.15) is 0 Å². The minimum atomic E-state index is 0.0239. The van der Waals surface area contributed by atoms with Gasteiger partial charge in [0.25, 0.3) is 0 Å². The lowest BCUT2D eigenvalue weighted by atomic mass is 9.84. The number of hydrogen-bond donors (Lipinski definition) is 1. The Morgan fingerprint density at radius 2 is 2.00 bits per heavy atom. The monoisotopic (exact) mass is 255 g/mol. The molecular formula is C13H25N3O2. The van der Waals surface area contributed by atoms with E-state index in [1.54, 1.807) is 16.8 Å². The lowest BCUT2D eigenvalue weighted by Gasteiger charge is -2.33. The summed E-state index contributed by atoms with van der Waals surface area (Å²) >= 11 is 0. The number of nitrogens with two attached hydrogens (primary N) is 1. The summed E-state index contributed by atoms with van der Waals surface area (Å²) in [6.07, 6.45) is 2.25. The largest absolute Gasteiger partial charge is 0.342 e. The van der Waals surface area contributed by atoms with Crippen LogP contribution in [0.25, 0.3) is 0 Å². The van der Waals surface area contributed by atoms with E-state index in [4.69, 9.17) is 5.73 Å². The van der Waals surface area contributed by atoms with Crippen molar-refractivity contribution in [3.05, 3.63) is 0 Å². The highest BCUT2D eigenvalue weighted by atomic mass is 16.2. The van der Waals surface area contributed by atoms with Gasteiger partial charge in [-0.1, -0.05) is 13.8 Å². The van der Waals surface area contributed by atoms with E-state index in [9.17, 15) is 9.59 Å². The molecule has 18 heavy (non-hydrogen) atoms. The maximum atomic E-state index is 12.0. The number of nitrogens with zero attached hydrogens (tertiary/aromatic N) is 2. The molecule has 0 spiro atoms. The van der Waals surface area contributed by atoms with E-state index in [1.165, 1.54) is 0 Å². The first-order valence-electron chi connectivity index (χ1n) is 6.57. The number of carbonyl (C=O) groups is 2. The number of rotatable bonds is 5. The molecule has 0 atom stereocenters. The van der Waals surface area contributed by atoms with Gasteiger partial charge in [-0.3, -0.25) is 9.59 Å². The van der Waals surface area contributed by atoms with E-state index in [1.807, 2.05) is 0 Å². The molecule has 1 rings (SSSR count).